The van der Waals surface area contributed by atoms with Crippen LogP contribution in [-0.2, 0) is 23.6 Å². The first kappa shape index (κ1) is 12.7. The Labute approximate surface area is 112 Å². The van der Waals surface area contributed by atoms with Crippen molar-refractivity contribution in [3.8, 4) is 0 Å². The van der Waals surface area contributed by atoms with Crippen molar-refractivity contribution in [3.63, 3.8) is 0 Å². The van der Waals surface area contributed by atoms with Crippen molar-refractivity contribution in [2.24, 2.45) is 7.05 Å². The van der Waals surface area contributed by atoms with Gasteiger partial charge in [-0.15, -0.1) is 11.3 Å². The zero-order chi connectivity index (χ0) is 12.5. The summed E-state index contributed by atoms with van der Waals surface area (Å²) in [6.07, 6.45) is 3.40. The topological polar surface area (TPSA) is 64.0 Å². The van der Waals surface area contributed by atoms with Gasteiger partial charge in [-0.25, -0.2) is 18.1 Å². The highest BCUT2D eigenvalue weighted by Crippen LogP contribution is 2.25. The molecule has 5 nitrogen and oxygen atoms in total. The van der Waals surface area contributed by atoms with Gasteiger partial charge in [0.25, 0.3) is 0 Å². The molecule has 0 unspecified atom stereocenters. The van der Waals surface area contributed by atoms with E-state index in [2.05, 4.69) is 25.6 Å². The maximum absolute atomic E-state index is 11.9. The molecule has 0 aliphatic rings. The van der Waals surface area contributed by atoms with Gasteiger partial charge in [0, 0.05) is 19.4 Å². The van der Waals surface area contributed by atoms with E-state index in [4.69, 9.17) is 0 Å². The van der Waals surface area contributed by atoms with Crippen LogP contribution in [0.3, 0.4) is 0 Å². The Morgan fingerprint density at radius 1 is 1.53 bits per heavy atom. The van der Waals surface area contributed by atoms with Gasteiger partial charge in [-0.05, 0) is 28.1 Å². The molecule has 2 heterocycles. The minimum atomic E-state index is -3.45. The first-order valence-electron chi connectivity index (χ1n) is 4.70. The third-order valence-corrected chi connectivity index (χ3v) is 5.67. The molecule has 0 spiro atoms. The minimum Gasteiger partial charge on any atom is -0.337 e. The van der Waals surface area contributed by atoms with Gasteiger partial charge in [-0.1, -0.05) is 0 Å². The summed E-state index contributed by atoms with van der Waals surface area (Å²) in [5.41, 5.74) is 0. The van der Waals surface area contributed by atoms with Crippen LogP contribution in [0, 0.1) is 0 Å². The van der Waals surface area contributed by atoms with Crippen LogP contribution in [0.1, 0.15) is 5.82 Å². The number of sulfonamides is 1. The average Bonchev–Trinajstić information content (AvgIpc) is 2.85. The minimum absolute atomic E-state index is 0.182. The fraction of sp³-hybridized carbons (Fsp3) is 0.222. The van der Waals surface area contributed by atoms with Crippen molar-refractivity contribution in [1.82, 2.24) is 14.3 Å². The normalized spacial score (nSPS) is 11.9. The number of nitrogens with one attached hydrogen (secondary N) is 1. The second-order valence-electron chi connectivity index (χ2n) is 3.34. The van der Waals surface area contributed by atoms with E-state index < -0.39 is 10.0 Å². The lowest BCUT2D eigenvalue weighted by molar-refractivity contribution is 0.579. The summed E-state index contributed by atoms with van der Waals surface area (Å²) < 4.78 is 29.1. The van der Waals surface area contributed by atoms with E-state index in [1.165, 1.54) is 11.3 Å². The molecule has 2 aromatic rings. The molecule has 2 rings (SSSR count). The van der Waals surface area contributed by atoms with Crippen LogP contribution in [0.4, 0.5) is 0 Å². The summed E-state index contributed by atoms with van der Waals surface area (Å²) >= 11 is 4.41. The summed E-state index contributed by atoms with van der Waals surface area (Å²) in [5.74, 6) is 0.671. The Morgan fingerprint density at radius 3 is 2.82 bits per heavy atom. The van der Waals surface area contributed by atoms with Gasteiger partial charge in [0.1, 0.15) is 10.0 Å². The Morgan fingerprint density at radius 2 is 2.29 bits per heavy atom. The second-order valence-corrected chi connectivity index (χ2v) is 7.79. The molecule has 8 heteroatoms. The van der Waals surface area contributed by atoms with Gasteiger partial charge in [0.2, 0.25) is 10.0 Å². The molecule has 92 valence electrons. The molecule has 0 amide bonds. The number of thiophene rings is 1. The van der Waals surface area contributed by atoms with Gasteiger partial charge >= 0.3 is 0 Å². The molecule has 0 atom stereocenters. The summed E-state index contributed by atoms with van der Waals surface area (Å²) in [6.45, 7) is 0.182. The Bertz CT molecular complexity index is 618. The first-order chi connectivity index (χ1) is 7.99. The lowest BCUT2D eigenvalue weighted by Gasteiger charge is -2.04. The van der Waals surface area contributed by atoms with Crippen LogP contribution < -0.4 is 4.72 Å². The highest BCUT2D eigenvalue weighted by Gasteiger charge is 2.16. The third-order valence-electron chi connectivity index (χ3n) is 2.15. The van der Waals surface area contributed by atoms with E-state index >= 15 is 0 Å². The number of aromatic nitrogens is 2. The molecule has 0 radical (unpaired) electrons. The van der Waals surface area contributed by atoms with Gasteiger partial charge in [-0.2, -0.15) is 0 Å². The number of hydrogen-bond acceptors (Lipinski definition) is 4. The maximum atomic E-state index is 11.9. The number of nitrogens with zero attached hydrogens (tertiary/aromatic N) is 2. The Balaban J connectivity index is 2.11. The van der Waals surface area contributed by atoms with Crippen LogP contribution in [0.15, 0.2) is 32.5 Å². The summed E-state index contributed by atoms with van der Waals surface area (Å²) in [7, 11) is -1.63. The molecule has 0 aliphatic heterocycles. The molecule has 17 heavy (non-hydrogen) atoms. The number of halogens is 1. The van der Waals surface area contributed by atoms with Gasteiger partial charge in [0.15, 0.2) is 0 Å². The smallest absolute Gasteiger partial charge is 0.250 e. The van der Waals surface area contributed by atoms with Crippen molar-refractivity contribution in [1.29, 1.82) is 0 Å². The molecule has 0 saturated carbocycles. The highest BCUT2D eigenvalue weighted by atomic mass is 79.9. The number of aryl methyl sites for hydroxylation is 1. The van der Waals surface area contributed by atoms with E-state index in [1.807, 2.05) is 7.05 Å². The van der Waals surface area contributed by atoms with Crippen molar-refractivity contribution in [2.45, 2.75) is 10.8 Å². The Kier molecular flexibility index (Phi) is 3.67. The van der Waals surface area contributed by atoms with Crippen LogP contribution in [-0.4, -0.2) is 18.0 Å². The molecule has 1 N–H and O–H groups in total. The van der Waals surface area contributed by atoms with Crippen LogP contribution >= 0.6 is 27.3 Å². The van der Waals surface area contributed by atoms with Gasteiger partial charge in [0.05, 0.1) is 10.3 Å². The maximum Gasteiger partial charge on any atom is 0.250 e. The highest BCUT2D eigenvalue weighted by molar-refractivity contribution is 9.11. The molecule has 0 fully saturated rings. The van der Waals surface area contributed by atoms with Crippen LogP contribution in [0.25, 0.3) is 0 Å². The van der Waals surface area contributed by atoms with Crippen LogP contribution in [0.2, 0.25) is 0 Å². The SMILES string of the molecule is Cn1ccnc1CNS(=O)(=O)c1ccc(Br)s1. The lowest BCUT2D eigenvalue weighted by Crippen LogP contribution is -2.23. The van der Waals surface area contributed by atoms with Crippen molar-refractivity contribution in [2.75, 3.05) is 0 Å². The zero-order valence-electron chi connectivity index (χ0n) is 8.92. The van der Waals surface area contributed by atoms with Crippen molar-refractivity contribution in [3.05, 3.63) is 34.1 Å². The van der Waals surface area contributed by atoms with E-state index in [9.17, 15) is 8.42 Å². The fourth-order valence-electron chi connectivity index (χ4n) is 1.24. The third kappa shape index (κ3) is 2.95. The van der Waals surface area contributed by atoms with E-state index in [-0.39, 0.29) is 6.54 Å². The molecule has 0 bridgehead atoms. The predicted octanol–water partition coefficient (Wildman–Crippen LogP) is 1.72. The number of rotatable bonds is 4. The van der Waals surface area contributed by atoms with Crippen molar-refractivity contribution < 1.29 is 8.42 Å². The molecule has 2 aromatic heterocycles. The average molecular weight is 336 g/mol. The second kappa shape index (κ2) is 4.89. The summed E-state index contributed by atoms with van der Waals surface area (Å²) in [5, 5.41) is 0. The first-order valence-corrected chi connectivity index (χ1v) is 7.79. The lowest BCUT2D eigenvalue weighted by atomic mass is 10.6. The van der Waals surface area contributed by atoms with Crippen molar-refractivity contribution >= 4 is 37.3 Å². The number of hydrogen-bond donors (Lipinski definition) is 1. The van der Waals surface area contributed by atoms with Gasteiger partial charge < -0.3 is 4.57 Å². The summed E-state index contributed by atoms with van der Waals surface area (Å²) in [6, 6.07) is 3.27. The number of imidazole rings is 1. The molecule has 0 aromatic carbocycles. The molecule has 0 saturated heterocycles. The van der Waals surface area contributed by atoms with Gasteiger partial charge in [-0.3, -0.25) is 0 Å². The standard InChI is InChI=1S/C9H10BrN3O2S2/c1-13-5-4-11-8(13)6-12-17(14,15)9-3-2-7(10)16-9/h2-5,12H,6H2,1H3. The fourth-order valence-corrected chi connectivity index (χ4v) is 4.27. The largest absolute Gasteiger partial charge is 0.337 e. The van der Waals surface area contributed by atoms with E-state index in [1.54, 1.807) is 29.1 Å². The van der Waals surface area contributed by atoms with E-state index in [0.717, 1.165) is 3.79 Å². The van der Waals surface area contributed by atoms with E-state index in [0.29, 0.717) is 10.0 Å². The zero-order valence-corrected chi connectivity index (χ0v) is 12.1. The quantitative estimate of drug-likeness (QED) is 0.925. The predicted molar refractivity (Wildman–Crippen MR) is 69.3 cm³/mol. The molecular weight excluding hydrogens is 326 g/mol. The molecule has 0 aliphatic carbocycles. The summed E-state index contributed by atoms with van der Waals surface area (Å²) in [4.78, 5) is 4.05. The monoisotopic (exact) mass is 335 g/mol. The van der Waals surface area contributed by atoms with Crippen LogP contribution in [0.5, 0.6) is 0 Å². The Hall–Kier alpha value is -0.700. The molecular formula is C9H10BrN3O2S2.